The molecule has 0 amide bonds. The summed E-state index contributed by atoms with van der Waals surface area (Å²) in [7, 11) is 0. The van der Waals surface area contributed by atoms with Crippen LogP contribution in [0.4, 0.5) is 0 Å². The van der Waals surface area contributed by atoms with E-state index < -0.39 is 0 Å². The van der Waals surface area contributed by atoms with E-state index in [0.29, 0.717) is 11.3 Å². The van der Waals surface area contributed by atoms with Crippen LogP contribution in [0, 0.1) is 5.92 Å². The minimum Gasteiger partial charge on any atom is -0.494 e. The second kappa shape index (κ2) is 4.35. The van der Waals surface area contributed by atoms with Gasteiger partial charge in [-0.25, -0.2) is 0 Å². The first kappa shape index (κ1) is 12.2. The molecule has 1 aliphatic carbocycles. The van der Waals surface area contributed by atoms with Crippen LogP contribution in [-0.4, -0.2) is 15.9 Å². The minimum absolute atomic E-state index is 0.0556. The molecule has 2 N–H and O–H groups in total. The molecule has 19 heavy (non-hydrogen) atoms. The molecular formula is C14H13NO3S. The standard InChI is InChI=1S/C14H13NO3S/c1-7-4-9-5-8(2-3-10(9)12(7)16)6-11-13(17)15-14(18)19-11/h2-3,5,7,17H,4,6H2,1H3,(H,15,18). The van der Waals surface area contributed by atoms with E-state index in [4.69, 9.17) is 0 Å². The van der Waals surface area contributed by atoms with Gasteiger partial charge in [0.2, 0.25) is 5.88 Å². The molecule has 0 radical (unpaired) electrons. The molecule has 1 aromatic heterocycles. The maximum atomic E-state index is 11.8. The number of carbonyl (C=O) groups is 1. The third-order valence-corrected chi connectivity index (χ3v) is 4.35. The number of aromatic nitrogens is 1. The van der Waals surface area contributed by atoms with Crippen LogP contribution in [0.5, 0.6) is 5.88 Å². The maximum absolute atomic E-state index is 11.8. The van der Waals surface area contributed by atoms with Gasteiger partial charge in [0.05, 0.1) is 4.88 Å². The number of aromatic amines is 1. The molecule has 1 atom stereocenters. The van der Waals surface area contributed by atoms with Gasteiger partial charge >= 0.3 is 4.87 Å². The first-order valence-electron chi connectivity index (χ1n) is 6.11. The van der Waals surface area contributed by atoms with Crippen molar-refractivity contribution in [2.45, 2.75) is 19.8 Å². The molecule has 5 heteroatoms. The SMILES string of the molecule is CC1Cc2cc(Cc3sc(=O)[nH]c3O)ccc2C1=O. The van der Waals surface area contributed by atoms with Gasteiger partial charge < -0.3 is 5.11 Å². The van der Waals surface area contributed by atoms with Crippen LogP contribution >= 0.6 is 11.3 Å². The summed E-state index contributed by atoms with van der Waals surface area (Å²) in [6, 6.07) is 5.74. The largest absolute Gasteiger partial charge is 0.494 e. The molecule has 0 aliphatic heterocycles. The summed E-state index contributed by atoms with van der Waals surface area (Å²) in [6.45, 7) is 1.94. The van der Waals surface area contributed by atoms with Gasteiger partial charge in [-0.15, -0.1) is 0 Å². The fraction of sp³-hybridized carbons (Fsp3) is 0.286. The van der Waals surface area contributed by atoms with Gasteiger partial charge in [-0.3, -0.25) is 14.6 Å². The summed E-state index contributed by atoms with van der Waals surface area (Å²) in [5, 5.41) is 9.57. The van der Waals surface area contributed by atoms with Gasteiger partial charge in [0.15, 0.2) is 5.78 Å². The molecule has 1 unspecified atom stereocenters. The van der Waals surface area contributed by atoms with E-state index >= 15 is 0 Å². The molecular weight excluding hydrogens is 262 g/mol. The van der Waals surface area contributed by atoms with Crippen LogP contribution in [-0.2, 0) is 12.8 Å². The quantitative estimate of drug-likeness (QED) is 0.882. The average Bonchev–Trinajstić information content (AvgIpc) is 2.81. The predicted octanol–water partition coefficient (Wildman–Crippen LogP) is 2.11. The molecule has 1 aromatic carbocycles. The third kappa shape index (κ3) is 2.10. The fourth-order valence-corrected chi connectivity index (χ4v) is 3.27. The Bertz CT molecular complexity index is 714. The van der Waals surface area contributed by atoms with Crippen LogP contribution in [0.1, 0.15) is 33.3 Å². The normalized spacial score (nSPS) is 17.7. The highest BCUT2D eigenvalue weighted by molar-refractivity contribution is 7.09. The van der Waals surface area contributed by atoms with E-state index in [1.54, 1.807) is 0 Å². The van der Waals surface area contributed by atoms with Crippen molar-refractivity contribution in [3.8, 4) is 5.88 Å². The zero-order chi connectivity index (χ0) is 13.6. The second-order valence-electron chi connectivity index (χ2n) is 4.92. The summed E-state index contributed by atoms with van der Waals surface area (Å²) in [4.78, 5) is 25.7. The van der Waals surface area contributed by atoms with Crippen molar-refractivity contribution < 1.29 is 9.90 Å². The topological polar surface area (TPSA) is 70.2 Å². The number of ketones is 1. The minimum atomic E-state index is -0.252. The molecule has 4 nitrogen and oxygen atoms in total. The van der Waals surface area contributed by atoms with Crippen molar-refractivity contribution >= 4 is 17.1 Å². The molecule has 0 spiro atoms. The number of H-pyrrole nitrogens is 1. The summed E-state index contributed by atoms with van der Waals surface area (Å²) in [6.07, 6.45) is 1.28. The van der Waals surface area contributed by atoms with E-state index in [2.05, 4.69) is 4.98 Å². The number of thiazole rings is 1. The Labute approximate surface area is 113 Å². The predicted molar refractivity (Wildman–Crippen MR) is 73.1 cm³/mol. The number of rotatable bonds is 2. The number of nitrogens with one attached hydrogen (secondary N) is 1. The third-order valence-electron chi connectivity index (χ3n) is 3.47. The number of carbonyl (C=O) groups excluding carboxylic acids is 1. The van der Waals surface area contributed by atoms with Crippen molar-refractivity contribution in [1.82, 2.24) is 4.98 Å². The maximum Gasteiger partial charge on any atom is 0.307 e. The zero-order valence-corrected chi connectivity index (χ0v) is 11.2. The van der Waals surface area contributed by atoms with E-state index in [-0.39, 0.29) is 22.5 Å². The Hall–Kier alpha value is -1.88. The molecule has 98 valence electrons. The van der Waals surface area contributed by atoms with Crippen LogP contribution in [0.3, 0.4) is 0 Å². The number of benzene rings is 1. The Kier molecular flexibility index (Phi) is 2.78. The van der Waals surface area contributed by atoms with Crippen molar-refractivity contribution in [2.75, 3.05) is 0 Å². The Morgan fingerprint density at radius 2 is 2.21 bits per heavy atom. The van der Waals surface area contributed by atoms with Crippen molar-refractivity contribution in [2.24, 2.45) is 5.92 Å². The molecule has 0 bridgehead atoms. The Morgan fingerprint density at radius 3 is 2.89 bits per heavy atom. The second-order valence-corrected chi connectivity index (χ2v) is 5.99. The van der Waals surface area contributed by atoms with Gasteiger partial charge in [-0.05, 0) is 17.5 Å². The van der Waals surface area contributed by atoms with E-state index in [0.717, 1.165) is 34.4 Å². The highest BCUT2D eigenvalue weighted by Crippen LogP contribution is 2.29. The average molecular weight is 275 g/mol. The summed E-state index contributed by atoms with van der Waals surface area (Å²) < 4.78 is 0. The number of hydrogen-bond acceptors (Lipinski definition) is 4. The first-order valence-corrected chi connectivity index (χ1v) is 6.93. The zero-order valence-electron chi connectivity index (χ0n) is 10.4. The molecule has 3 rings (SSSR count). The van der Waals surface area contributed by atoms with Gasteiger partial charge in [-0.2, -0.15) is 0 Å². The number of hydrogen-bond donors (Lipinski definition) is 2. The molecule has 2 aromatic rings. The number of fused-ring (bicyclic) bond motifs is 1. The lowest BCUT2D eigenvalue weighted by atomic mass is 10.0. The van der Waals surface area contributed by atoms with Crippen LogP contribution in [0.15, 0.2) is 23.0 Å². The number of aromatic hydroxyl groups is 1. The van der Waals surface area contributed by atoms with Crippen LogP contribution in [0.2, 0.25) is 0 Å². The van der Waals surface area contributed by atoms with Crippen molar-refractivity contribution in [3.05, 3.63) is 49.4 Å². The van der Waals surface area contributed by atoms with E-state index in [1.807, 2.05) is 25.1 Å². The lowest BCUT2D eigenvalue weighted by molar-refractivity contribution is 0.0946. The summed E-state index contributed by atoms with van der Waals surface area (Å²) in [5.74, 6) is 0.206. The first-order chi connectivity index (χ1) is 9.04. The number of Topliss-reactive ketones (excluding diaryl/α,β-unsaturated/α-hetero) is 1. The van der Waals surface area contributed by atoms with Crippen LogP contribution in [0.25, 0.3) is 0 Å². The molecule has 0 fully saturated rings. The van der Waals surface area contributed by atoms with Gasteiger partial charge in [0, 0.05) is 17.9 Å². The summed E-state index contributed by atoms with van der Waals surface area (Å²) in [5.41, 5.74) is 2.88. The van der Waals surface area contributed by atoms with E-state index in [1.165, 1.54) is 0 Å². The molecule has 0 saturated carbocycles. The van der Waals surface area contributed by atoms with Gasteiger partial charge in [-0.1, -0.05) is 36.5 Å². The van der Waals surface area contributed by atoms with Crippen molar-refractivity contribution in [1.29, 1.82) is 0 Å². The summed E-state index contributed by atoms with van der Waals surface area (Å²) >= 11 is 1.02. The van der Waals surface area contributed by atoms with Crippen LogP contribution < -0.4 is 4.87 Å². The Morgan fingerprint density at radius 1 is 1.42 bits per heavy atom. The lowest BCUT2D eigenvalue weighted by Crippen LogP contribution is -2.02. The van der Waals surface area contributed by atoms with Gasteiger partial charge in [0.1, 0.15) is 0 Å². The molecule has 1 aliphatic rings. The molecule has 1 heterocycles. The monoisotopic (exact) mass is 275 g/mol. The highest BCUT2D eigenvalue weighted by Gasteiger charge is 2.26. The van der Waals surface area contributed by atoms with Gasteiger partial charge in [0.25, 0.3) is 0 Å². The van der Waals surface area contributed by atoms with E-state index in [9.17, 15) is 14.7 Å². The molecule has 0 saturated heterocycles. The van der Waals surface area contributed by atoms with Crippen molar-refractivity contribution in [3.63, 3.8) is 0 Å². The highest BCUT2D eigenvalue weighted by atomic mass is 32.1. The Balaban J connectivity index is 1.92. The lowest BCUT2D eigenvalue weighted by Gasteiger charge is -2.03. The fourth-order valence-electron chi connectivity index (χ4n) is 2.51. The smallest absolute Gasteiger partial charge is 0.307 e.